The van der Waals surface area contributed by atoms with E-state index in [1.54, 1.807) is 31.4 Å². The molecule has 1 aromatic heterocycles. The van der Waals surface area contributed by atoms with Crippen molar-refractivity contribution in [3.63, 3.8) is 0 Å². The Morgan fingerprint density at radius 1 is 1.13 bits per heavy atom. The number of amides is 1. The number of fused-ring (bicyclic) bond motifs is 1. The lowest BCUT2D eigenvalue weighted by molar-refractivity contribution is 0.0613. The van der Waals surface area contributed by atoms with Gasteiger partial charge in [-0.05, 0) is 36.6 Å². The lowest BCUT2D eigenvalue weighted by atomic mass is 9.86. The van der Waals surface area contributed by atoms with Crippen molar-refractivity contribution >= 4 is 5.91 Å². The van der Waals surface area contributed by atoms with E-state index in [1.807, 2.05) is 4.68 Å². The van der Waals surface area contributed by atoms with Crippen molar-refractivity contribution in [1.82, 2.24) is 20.3 Å². The molecule has 4 atom stereocenters. The molecule has 1 N–H and O–H groups in total. The van der Waals surface area contributed by atoms with E-state index in [2.05, 4.69) is 21.8 Å². The number of benzene rings is 1. The average molecular weight is 427 g/mol. The maximum Gasteiger partial charge on any atom is 0.251 e. The van der Waals surface area contributed by atoms with Gasteiger partial charge in [-0.15, -0.1) is 5.10 Å². The average Bonchev–Trinajstić information content (AvgIpc) is 3.52. The van der Waals surface area contributed by atoms with Crippen LogP contribution in [-0.4, -0.2) is 59.5 Å². The second kappa shape index (κ2) is 8.96. The molecular formula is C23H30N4O4. The van der Waals surface area contributed by atoms with Crippen LogP contribution in [0.2, 0.25) is 0 Å². The van der Waals surface area contributed by atoms with Gasteiger partial charge in [-0.3, -0.25) is 4.79 Å². The minimum atomic E-state index is -0.185. The Labute approximate surface area is 182 Å². The topological polar surface area (TPSA) is 87.5 Å². The van der Waals surface area contributed by atoms with Gasteiger partial charge in [0, 0.05) is 11.8 Å². The Balaban J connectivity index is 1.19. The molecule has 5 rings (SSSR count). The molecule has 2 saturated heterocycles. The molecule has 1 amide bonds. The molecule has 3 aliphatic rings. The molecule has 0 bridgehead atoms. The maximum absolute atomic E-state index is 12.6. The monoisotopic (exact) mass is 426 g/mol. The van der Waals surface area contributed by atoms with Crippen LogP contribution in [0.5, 0.6) is 5.75 Å². The molecule has 2 aliphatic heterocycles. The van der Waals surface area contributed by atoms with Gasteiger partial charge in [0.1, 0.15) is 24.0 Å². The van der Waals surface area contributed by atoms with E-state index >= 15 is 0 Å². The van der Waals surface area contributed by atoms with E-state index in [0.29, 0.717) is 18.8 Å². The fourth-order valence-corrected chi connectivity index (χ4v) is 5.08. The van der Waals surface area contributed by atoms with E-state index in [-0.39, 0.29) is 30.2 Å². The van der Waals surface area contributed by atoms with Gasteiger partial charge in [0.25, 0.3) is 5.91 Å². The van der Waals surface area contributed by atoms with Crippen molar-refractivity contribution in [3.05, 3.63) is 41.7 Å². The number of carbonyl (C=O) groups excluding carboxylic acids is 1. The van der Waals surface area contributed by atoms with Crippen molar-refractivity contribution in [1.29, 1.82) is 0 Å². The number of carbonyl (C=O) groups is 1. The SMILES string of the molecule is COc1ccc(C(=O)NC2COC3C2OCC3n2cc(CC3CCCCC3)nn2)cc1. The predicted molar refractivity (Wildman–Crippen MR) is 113 cm³/mol. The molecule has 0 spiro atoms. The normalized spacial score (nSPS) is 28.4. The second-order valence-corrected chi connectivity index (χ2v) is 8.87. The molecule has 31 heavy (non-hydrogen) atoms. The van der Waals surface area contributed by atoms with Crippen LogP contribution >= 0.6 is 0 Å². The summed E-state index contributed by atoms with van der Waals surface area (Å²) in [5.41, 5.74) is 1.64. The van der Waals surface area contributed by atoms with E-state index in [1.165, 1.54) is 32.1 Å². The molecule has 1 saturated carbocycles. The zero-order valence-corrected chi connectivity index (χ0v) is 17.9. The van der Waals surface area contributed by atoms with Gasteiger partial charge in [-0.25, -0.2) is 4.68 Å². The molecule has 166 valence electrons. The van der Waals surface area contributed by atoms with Crippen molar-refractivity contribution in [2.45, 2.75) is 62.8 Å². The van der Waals surface area contributed by atoms with Gasteiger partial charge < -0.3 is 19.5 Å². The molecule has 8 nitrogen and oxygen atoms in total. The summed E-state index contributed by atoms with van der Waals surface area (Å²) in [6, 6.07) is 6.86. The first kappa shape index (κ1) is 20.5. The van der Waals surface area contributed by atoms with Gasteiger partial charge in [-0.1, -0.05) is 37.3 Å². The molecule has 3 fully saturated rings. The lowest BCUT2D eigenvalue weighted by Crippen LogP contribution is -2.44. The first-order chi connectivity index (χ1) is 15.2. The summed E-state index contributed by atoms with van der Waals surface area (Å²) >= 11 is 0. The number of hydrogen-bond donors (Lipinski definition) is 1. The molecule has 1 aliphatic carbocycles. The minimum Gasteiger partial charge on any atom is -0.497 e. The lowest BCUT2D eigenvalue weighted by Gasteiger charge is -2.20. The Hall–Kier alpha value is -2.45. The van der Waals surface area contributed by atoms with Crippen LogP contribution in [0.15, 0.2) is 30.5 Å². The van der Waals surface area contributed by atoms with Crippen molar-refractivity contribution in [3.8, 4) is 5.75 Å². The molecule has 2 aromatic rings. The Morgan fingerprint density at radius 2 is 1.90 bits per heavy atom. The van der Waals surface area contributed by atoms with Crippen LogP contribution in [-0.2, 0) is 15.9 Å². The number of hydrogen-bond acceptors (Lipinski definition) is 6. The van der Waals surface area contributed by atoms with Crippen LogP contribution < -0.4 is 10.1 Å². The largest absolute Gasteiger partial charge is 0.497 e. The van der Waals surface area contributed by atoms with Crippen LogP contribution in [0.25, 0.3) is 0 Å². The van der Waals surface area contributed by atoms with Crippen molar-refractivity contribution < 1.29 is 19.0 Å². The third-order valence-electron chi connectivity index (χ3n) is 6.82. The summed E-state index contributed by atoms with van der Waals surface area (Å²) in [6.45, 7) is 0.938. The predicted octanol–water partition coefficient (Wildman–Crippen LogP) is 2.55. The Bertz CT molecular complexity index is 893. The highest BCUT2D eigenvalue weighted by Crippen LogP contribution is 2.34. The van der Waals surface area contributed by atoms with Gasteiger partial charge in [-0.2, -0.15) is 0 Å². The standard InChI is InChI=1S/C23H30N4O4/c1-29-18-9-7-16(8-10-18)23(28)24-19-13-30-22-20(14-31-21(19)22)27-12-17(25-26-27)11-15-5-3-2-4-6-15/h7-10,12,15,19-22H,2-6,11,13-14H2,1H3,(H,24,28). The van der Waals surface area contributed by atoms with E-state index in [4.69, 9.17) is 14.2 Å². The highest BCUT2D eigenvalue weighted by Gasteiger charge is 2.49. The number of nitrogens with zero attached hydrogens (tertiary/aromatic N) is 3. The number of methoxy groups -OCH3 is 1. The van der Waals surface area contributed by atoms with E-state index < -0.39 is 0 Å². The van der Waals surface area contributed by atoms with E-state index in [0.717, 1.165) is 23.8 Å². The van der Waals surface area contributed by atoms with Crippen LogP contribution in [0, 0.1) is 5.92 Å². The summed E-state index contributed by atoms with van der Waals surface area (Å²) in [5.74, 6) is 1.31. The summed E-state index contributed by atoms with van der Waals surface area (Å²) in [4.78, 5) is 12.6. The zero-order chi connectivity index (χ0) is 21.2. The van der Waals surface area contributed by atoms with Crippen LogP contribution in [0.3, 0.4) is 0 Å². The fraction of sp³-hybridized carbons (Fsp3) is 0.609. The Kier molecular flexibility index (Phi) is 5.91. The summed E-state index contributed by atoms with van der Waals surface area (Å²) in [5, 5.41) is 11.9. The first-order valence-corrected chi connectivity index (χ1v) is 11.3. The van der Waals surface area contributed by atoms with Crippen molar-refractivity contribution in [2.24, 2.45) is 5.92 Å². The minimum absolute atomic E-state index is 0.0134. The summed E-state index contributed by atoms with van der Waals surface area (Å²) in [7, 11) is 1.60. The third-order valence-corrected chi connectivity index (χ3v) is 6.82. The fourth-order valence-electron chi connectivity index (χ4n) is 5.08. The highest BCUT2D eigenvalue weighted by atomic mass is 16.6. The van der Waals surface area contributed by atoms with Gasteiger partial charge >= 0.3 is 0 Å². The number of nitrogens with one attached hydrogen (secondary N) is 1. The van der Waals surface area contributed by atoms with Gasteiger partial charge in [0.15, 0.2) is 0 Å². The highest BCUT2D eigenvalue weighted by molar-refractivity contribution is 5.94. The van der Waals surface area contributed by atoms with Crippen molar-refractivity contribution in [2.75, 3.05) is 20.3 Å². The second-order valence-electron chi connectivity index (χ2n) is 8.87. The van der Waals surface area contributed by atoms with Crippen LogP contribution in [0.1, 0.15) is 54.2 Å². The molecule has 3 heterocycles. The maximum atomic E-state index is 12.6. The zero-order valence-electron chi connectivity index (χ0n) is 17.9. The molecule has 8 heteroatoms. The number of aromatic nitrogens is 3. The van der Waals surface area contributed by atoms with Crippen LogP contribution in [0.4, 0.5) is 0 Å². The van der Waals surface area contributed by atoms with Gasteiger partial charge in [0.05, 0.1) is 32.1 Å². The molecule has 0 radical (unpaired) electrons. The quantitative estimate of drug-likeness (QED) is 0.764. The summed E-state index contributed by atoms with van der Waals surface area (Å²) < 4.78 is 19.1. The smallest absolute Gasteiger partial charge is 0.251 e. The Morgan fingerprint density at radius 3 is 2.68 bits per heavy atom. The summed E-state index contributed by atoms with van der Waals surface area (Å²) in [6.07, 6.45) is 9.35. The number of ether oxygens (including phenoxy) is 3. The van der Waals surface area contributed by atoms with E-state index in [9.17, 15) is 4.79 Å². The third kappa shape index (κ3) is 4.32. The van der Waals surface area contributed by atoms with Gasteiger partial charge in [0.2, 0.25) is 0 Å². The molecular weight excluding hydrogens is 396 g/mol. The first-order valence-electron chi connectivity index (χ1n) is 11.3. The molecule has 1 aromatic carbocycles. The molecule has 4 unspecified atom stereocenters. The number of rotatable bonds is 6.